The van der Waals surface area contributed by atoms with Crippen LogP contribution in [0.4, 0.5) is 5.69 Å². The normalized spacial score (nSPS) is 12.0. The van der Waals surface area contributed by atoms with E-state index in [1.54, 1.807) is 36.4 Å². The Labute approximate surface area is 148 Å². The summed E-state index contributed by atoms with van der Waals surface area (Å²) in [6.45, 7) is 1.44. The Morgan fingerprint density at radius 1 is 1.23 bits per heavy atom. The molecule has 0 atom stereocenters. The molecule has 8 nitrogen and oxygen atoms in total. The highest BCUT2D eigenvalue weighted by Gasteiger charge is 2.11. The van der Waals surface area contributed by atoms with Crippen LogP contribution >= 0.6 is 0 Å². The largest absolute Gasteiger partial charge is 0.480 e. The van der Waals surface area contributed by atoms with Crippen LogP contribution in [0.2, 0.25) is 0 Å². The second-order valence-corrected chi connectivity index (χ2v) is 5.57. The highest BCUT2D eigenvalue weighted by Crippen LogP contribution is 2.29. The van der Waals surface area contributed by atoms with Crippen LogP contribution < -0.4 is 5.43 Å². The Bertz CT molecular complexity index is 990. The summed E-state index contributed by atoms with van der Waals surface area (Å²) in [5.74, 6) is 0.206. The molecule has 1 heterocycles. The number of aliphatic imine (C=N–C) groups is 1. The van der Waals surface area contributed by atoms with Crippen LogP contribution in [0.5, 0.6) is 5.95 Å². The maximum atomic E-state index is 10.8. The van der Waals surface area contributed by atoms with Crippen molar-refractivity contribution in [2.24, 2.45) is 10.1 Å². The number of aryl methyl sites for hydroxylation is 1. The van der Waals surface area contributed by atoms with Gasteiger partial charge in [0.2, 0.25) is 0 Å². The van der Waals surface area contributed by atoms with Gasteiger partial charge in [-0.05, 0) is 25.1 Å². The van der Waals surface area contributed by atoms with Gasteiger partial charge in [-0.25, -0.2) is 4.99 Å². The average molecular weight is 352 g/mol. The third kappa shape index (κ3) is 4.04. The molecule has 0 aliphatic carbocycles. The molecule has 0 saturated carbocycles. The molecule has 3 rings (SSSR count). The number of aromatic hydroxyl groups is 1. The van der Waals surface area contributed by atoms with Crippen molar-refractivity contribution in [3.8, 4) is 5.95 Å². The van der Waals surface area contributed by atoms with Crippen LogP contribution in [0, 0.1) is 17.0 Å². The molecule has 0 aliphatic rings. The second-order valence-electron chi connectivity index (χ2n) is 5.57. The molecular weight excluding hydrogens is 336 g/mol. The maximum Gasteiger partial charge on any atom is 0.290 e. The van der Waals surface area contributed by atoms with Crippen LogP contribution in [0.3, 0.4) is 0 Å². The summed E-state index contributed by atoms with van der Waals surface area (Å²) < 4.78 is 5.25. The molecule has 0 saturated heterocycles. The number of fused-ring (bicyclic) bond motifs is 1. The third-order valence-electron chi connectivity index (χ3n) is 3.58. The van der Waals surface area contributed by atoms with Gasteiger partial charge in [-0.15, -0.1) is 0 Å². The standard InChI is InChI=1S/C18H16N4O4/c1-12-6-8-13(9-7-12)20-17(11-22(24)25)21-19-10-16-14-4-2-3-5-15(14)18(23)26-16/h2-10,23H,11H2,1H3,(H,20,21). The number of nitro groups is 1. The lowest BCUT2D eigenvalue weighted by Gasteiger charge is -2.02. The van der Waals surface area contributed by atoms with Crippen molar-refractivity contribution in [2.45, 2.75) is 6.92 Å². The van der Waals surface area contributed by atoms with E-state index in [-0.39, 0.29) is 11.8 Å². The van der Waals surface area contributed by atoms with Crippen molar-refractivity contribution < 1.29 is 14.4 Å². The predicted octanol–water partition coefficient (Wildman–Crippen LogP) is 3.38. The number of furan rings is 1. The molecular formula is C18H16N4O4. The quantitative estimate of drug-likeness (QED) is 0.316. The summed E-state index contributed by atoms with van der Waals surface area (Å²) in [6.07, 6.45) is 1.34. The smallest absolute Gasteiger partial charge is 0.290 e. The Morgan fingerprint density at radius 2 is 1.92 bits per heavy atom. The molecule has 0 amide bonds. The zero-order chi connectivity index (χ0) is 18.5. The second kappa shape index (κ2) is 7.47. The van der Waals surface area contributed by atoms with Gasteiger partial charge >= 0.3 is 0 Å². The Kier molecular flexibility index (Phi) is 4.93. The summed E-state index contributed by atoms with van der Waals surface area (Å²) in [6, 6.07) is 14.3. The topological polar surface area (TPSA) is 113 Å². The zero-order valence-corrected chi connectivity index (χ0v) is 13.9. The van der Waals surface area contributed by atoms with Crippen LogP contribution in [0.15, 0.2) is 63.0 Å². The van der Waals surface area contributed by atoms with E-state index in [9.17, 15) is 15.2 Å². The van der Waals surface area contributed by atoms with E-state index in [0.29, 0.717) is 22.2 Å². The lowest BCUT2D eigenvalue weighted by Crippen LogP contribution is -2.26. The summed E-state index contributed by atoms with van der Waals surface area (Å²) in [5, 5.41) is 25.8. The van der Waals surface area contributed by atoms with Gasteiger partial charge in [0.25, 0.3) is 12.5 Å². The first-order valence-electron chi connectivity index (χ1n) is 7.78. The summed E-state index contributed by atoms with van der Waals surface area (Å²) in [5.41, 5.74) is 4.22. The molecule has 0 fully saturated rings. The number of benzene rings is 2. The van der Waals surface area contributed by atoms with Gasteiger partial charge in [-0.2, -0.15) is 5.10 Å². The fourth-order valence-corrected chi connectivity index (χ4v) is 2.35. The van der Waals surface area contributed by atoms with Gasteiger partial charge in [0, 0.05) is 10.3 Å². The molecule has 26 heavy (non-hydrogen) atoms. The van der Waals surface area contributed by atoms with Gasteiger partial charge in [0.05, 0.1) is 17.3 Å². The fourth-order valence-electron chi connectivity index (χ4n) is 2.35. The predicted molar refractivity (Wildman–Crippen MR) is 98.7 cm³/mol. The number of nitrogens with zero attached hydrogens (tertiary/aromatic N) is 3. The fraction of sp³-hybridized carbons (Fsp3) is 0.111. The minimum atomic E-state index is -0.505. The Hall–Kier alpha value is -3.68. The molecule has 1 aromatic heterocycles. The molecule has 8 heteroatoms. The molecule has 0 spiro atoms. The minimum Gasteiger partial charge on any atom is -0.480 e. The van der Waals surface area contributed by atoms with E-state index in [0.717, 1.165) is 5.56 Å². The molecule has 0 aliphatic heterocycles. The first-order valence-corrected chi connectivity index (χ1v) is 7.78. The lowest BCUT2D eigenvalue weighted by molar-refractivity contribution is -0.463. The zero-order valence-electron chi connectivity index (χ0n) is 13.9. The monoisotopic (exact) mass is 352 g/mol. The number of rotatable bonds is 5. The van der Waals surface area contributed by atoms with Gasteiger partial charge < -0.3 is 9.52 Å². The first kappa shape index (κ1) is 17.2. The summed E-state index contributed by atoms with van der Waals surface area (Å²) in [7, 11) is 0. The molecule has 2 N–H and O–H groups in total. The van der Waals surface area contributed by atoms with Crippen LogP contribution in [0.1, 0.15) is 11.3 Å². The van der Waals surface area contributed by atoms with Crippen molar-refractivity contribution in [1.29, 1.82) is 0 Å². The molecule has 132 valence electrons. The maximum absolute atomic E-state index is 10.8. The Morgan fingerprint density at radius 3 is 2.62 bits per heavy atom. The number of hydrogen-bond donors (Lipinski definition) is 2. The van der Waals surface area contributed by atoms with Crippen LogP contribution in [-0.2, 0) is 0 Å². The highest BCUT2D eigenvalue weighted by atomic mass is 16.6. The highest BCUT2D eigenvalue weighted by molar-refractivity contribution is 6.00. The van der Waals surface area contributed by atoms with E-state index in [1.165, 1.54) is 6.21 Å². The molecule has 0 unspecified atom stereocenters. The lowest BCUT2D eigenvalue weighted by atomic mass is 10.2. The van der Waals surface area contributed by atoms with Crippen molar-refractivity contribution >= 4 is 28.5 Å². The molecule has 2 aromatic carbocycles. The third-order valence-corrected chi connectivity index (χ3v) is 3.58. The van der Waals surface area contributed by atoms with Crippen molar-refractivity contribution in [3.05, 3.63) is 70.0 Å². The van der Waals surface area contributed by atoms with E-state index < -0.39 is 11.5 Å². The van der Waals surface area contributed by atoms with Gasteiger partial charge in [0.1, 0.15) is 0 Å². The van der Waals surface area contributed by atoms with Gasteiger partial charge in [0.15, 0.2) is 11.6 Å². The minimum absolute atomic E-state index is 0.0789. The first-order chi connectivity index (χ1) is 12.5. The van der Waals surface area contributed by atoms with E-state index >= 15 is 0 Å². The SMILES string of the molecule is Cc1ccc(N=C(C[N+](=O)[O-])NN=Cc2oc(O)c3ccccc23)cc1. The molecule has 0 bridgehead atoms. The van der Waals surface area contributed by atoms with Crippen LogP contribution in [0.25, 0.3) is 10.8 Å². The average Bonchev–Trinajstić information content (AvgIpc) is 2.93. The van der Waals surface area contributed by atoms with Crippen molar-refractivity contribution in [2.75, 3.05) is 6.54 Å². The van der Waals surface area contributed by atoms with E-state index in [1.807, 2.05) is 19.1 Å². The van der Waals surface area contributed by atoms with E-state index in [2.05, 4.69) is 15.5 Å². The number of hydrazone groups is 1. The number of nitrogens with one attached hydrogen (secondary N) is 1. The summed E-state index contributed by atoms with van der Waals surface area (Å²) >= 11 is 0. The molecule has 3 aromatic rings. The van der Waals surface area contributed by atoms with Crippen molar-refractivity contribution in [3.63, 3.8) is 0 Å². The molecule has 0 radical (unpaired) electrons. The summed E-state index contributed by atoms with van der Waals surface area (Å²) in [4.78, 5) is 14.6. The van der Waals surface area contributed by atoms with Gasteiger partial charge in [-0.1, -0.05) is 35.9 Å². The number of hydrogen-bond acceptors (Lipinski definition) is 6. The number of amidine groups is 1. The van der Waals surface area contributed by atoms with Gasteiger partial charge in [-0.3, -0.25) is 15.5 Å². The van der Waals surface area contributed by atoms with Crippen molar-refractivity contribution in [1.82, 2.24) is 5.43 Å². The van der Waals surface area contributed by atoms with Crippen LogP contribution in [-0.4, -0.2) is 28.6 Å². The van der Waals surface area contributed by atoms with E-state index in [4.69, 9.17) is 4.42 Å². The Balaban J connectivity index is 1.81.